The number of hydrogen-bond donors (Lipinski definition) is 1. The molecule has 0 aliphatic rings. The van der Waals surface area contributed by atoms with Gasteiger partial charge in [0, 0.05) is 25.8 Å². The van der Waals surface area contributed by atoms with E-state index >= 15 is 0 Å². The zero-order chi connectivity index (χ0) is 15.3. The fourth-order valence-corrected chi connectivity index (χ4v) is 1.62. The normalized spacial score (nSPS) is 14.7. The molecule has 0 aliphatic carbocycles. The van der Waals surface area contributed by atoms with E-state index < -0.39 is 0 Å². The predicted octanol–water partition coefficient (Wildman–Crippen LogP) is 1.71. The molecule has 1 atom stereocenters. The first kappa shape index (κ1) is 19.8. The van der Waals surface area contributed by atoms with Crippen molar-refractivity contribution in [2.24, 2.45) is 5.92 Å². The van der Waals surface area contributed by atoms with Crippen molar-refractivity contribution < 1.29 is 18.9 Å². The molecule has 0 amide bonds. The van der Waals surface area contributed by atoms with Crippen LogP contribution in [0.5, 0.6) is 0 Å². The second kappa shape index (κ2) is 12.5. The van der Waals surface area contributed by atoms with Crippen LogP contribution in [0.25, 0.3) is 0 Å². The summed E-state index contributed by atoms with van der Waals surface area (Å²) in [7, 11) is 1.68. The topological polar surface area (TPSA) is 49.0 Å². The van der Waals surface area contributed by atoms with Gasteiger partial charge < -0.3 is 24.3 Å². The molecule has 5 nitrogen and oxygen atoms in total. The average Bonchev–Trinajstić information content (AvgIpc) is 2.42. The molecule has 0 saturated heterocycles. The highest BCUT2D eigenvalue weighted by atomic mass is 16.5. The van der Waals surface area contributed by atoms with E-state index in [9.17, 15) is 0 Å². The summed E-state index contributed by atoms with van der Waals surface area (Å²) >= 11 is 0. The Hall–Kier alpha value is -0.200. The molecule has 0 saturated carbocycles. The summed E-state index contributed by atoms with van der Waals surface area (Å²) in [4.78, 5) is 0. The molecule has 0 aliphatic heterocycles. The fraction of sp³-hybridized carbons (Fsp3) is 1.00. The smallest absolute Gasteiger partial charge is 0.0701 e. The van der Waals surface area contributed by atoms with Gasteiger partial charge in [0.2, 0.25) is 0 Å². The first-order chi connectivity index (χ1) is 9.56. The van der Waals surface area contributed by atoms with Crippen LogP contribution < -0.4 is 5.32 Å². The standard InChI is InChI=1S/C15H33NO4/c1-6-18-11-12-20-13-15(4,14(2)3)16-7-8-19-10-9-17-5/h14,16H,6-13H2,1-5H3. The van der Waals surface area contributed by atoms with Gasteiger partial charge in [0.1, 0.15) is 0 Å². The van der Waals surface area contributed by atoms with E-state index in [4.69, 9.17) is 18.9 Å². The highest BCUT2D eigenvalue weighted by Gasteiger charge is 2.27. The van der Waals surface area contributed by atoms with Crippen molar-refractivity contribution in [2.45, 2.75) is 33.2 Å². The monoisotopic (exact) mass is 291 g/mol. The van der Waals surface area contributed by atoms with Crippen molar-refractivity contribution in [3.63, 3.8) is 0 Å². The van der Waals surface area contributed by atoms with E-state index in [2.05, 4.69) is 26.1 Å². The predicted molar refractivity (Wildman–Crippen MR) is 81.3 cm³/mol. The molecule has 5 heteroatoms. The van der Waals surface area contributed by atoms with Crippen LogP contribution in [0.15, 0.2) is 0 Å². The minimum Gasteiger partial charge on any atom is -0.382 e. The van der Waals surface area contributed by atoms with E-state index in [0.29, 0.717) is 45.6 Å². The van der Waals surface area contributed by atoms with Crippen LogP contribution in [0.2, 0.25) is 0 Å². The molecule has 0 radical (unpaired) electrons. The van der Waals surface area contributed by atoms with Gasteiger partial charge in [-0.05, 0) is 19.8 Å². The Bertz CT molecular complexity index is 214. The molecule has 1 unspecified atom stereocenters. The quantitative estimate of drug-likeness (QED) is 0.494. The fourth-order valence-electron chi connectivity index (χ4n) is 1.62. The Kier molecular flexibility index (Phi) is 12.4. The van der Waals surface area contributed by atoms with E-state index in [1.807, 2.05) is 6.92 Å². The Morgan fingerprint density at radius 1 is 0.950 bits per heavy atom. The lowest BCUT2D eigenvalue weighted by Gasteiger charge is -2.35. The Labute approximate surface area is 124 Å². The molecule has 0 spiro atoms. The van der Waals surface area contributed by atoms with Crippen molar-refractivity contribution in [3.05, 3.63) is 0 Å². The van der Waals surface area contributed by atoms with Crippen molar-refractivity contribution in [2.75, 3.05) is 59.9 Å². The minimum absolute atomic E-state index is 0.0448. The second-order valence-corrected chi connectivity index (χ2v) is 5.35. The van der Waals surface area contributed by atoms with Crippen molar-refractivity contribution in [1.29, 1.82) is 0 Å². The molecule has 0 aromatic heterocycles. The summed E-state index contributed by atoms with van der Waals surface area (Å²) in [6.07, 6.45) is 0. The number of nitrogens with one attached hydrogen (secondary N) is 1. The minimum atomic E-state index is -0.0448. The van der Waals surface area contributed by atoms with Gasteiger partial charge in [-0.25, -0.2) is 0 Å². The molecule has 20 heavy (non-hydrogen) atoms. The molecule has 0 heterocycles. The molecule has 0 rings (SSSR count). The summed E-state index contributed by atoms with van der Waals surface area (Å²) < 4.78 is 21.4. The third-order valence-electron chi connectivity index (χ3n) is 3.46. The summed E-state index contributed by atoms with van der Waals surface area (Å²) in [5.74, 6) is 0.480. The molecule has 1 N–H and O–H groups in total. The van der Waals surface area contributed by atoms with Gasteiger partial charge in [0.05, 0.1) is 39.6 Å². The number of rotatable bonds is 14. The van der Waals surface area contributed by atoms with Gasteiger partial charge in [-0.3, -0.25) is 0 Å². The molecular formula is C15H33NO4. The van der Waals surface area contributed by atoms with E-state index in [1.54, 1.807) is 7.11 Å². The lowest BCUT2D eigenvalue weighted by Crippen LogP contribution is -2.52. The number of hydrogen-bond acceptors (Lipinski definition) is 5. The third-order valence-corrected chi connectivity index (χ3v) is 3.46. The highest BCUT2D eigenvalue weighted by Crippen LogP contribution is 2.16. The van der Waals surface area contributed by atoms with Crippen molar-refractivity contribution in [1.82, 2.24) is 5.32 Å². The molecule has 122 valence electrons. The third kappa shape index (κ3) is 9.66. The van der Waals surface area contributed by atoms with Crippen LogP contribution in [0.3, 0.4) is 0 Å². The van der Waals surface area contributed by atoms with Crippen LogP contribution in [-0.2, 0) is 18.9 Å². The Morgan fingerprint density at radius 2 is 1.60 bits per heavy atom. The van der Waals surface area contributed by atoms with E-state index in [0.717, 1.165) is 13.2 Å². The highest BCUT2D eigenvalue weighted by molar-refractivity contribution is 4.86. The SMILES string of the molecule is CCOCCOCC(C)(NCCOCCOC)C(C)C. The maximum atomic E-state index is 5.71. The van der Waals surface area contributed by atoms with Gasteiger partial charge in [0.25, 0.3) is 0 Å². The van der Waals surface area contributed by atoms with E-state index in [1.165, 1.54) is 0 Å². The molecule has 0 fully saturated rings. The number of ether oxygens (including phenoxy) is 4. The maximum Gasteiger partial charge on any atom is 0.0701 e. The van der Waals surface area contributed by atoms with Crippen molar-refractivity contribution >= 4 is 0 Å². The first-order valence-electron chi connectivity index (χ1n) is 7.54. The molecule has 0 aromatic carbocycles. The van der Waals surface area contributed by atoms with Crippen molar-refractivity contribution in [3.8, 4) is 0 Å². The molecular weight excluding hydrogens is 258 g/mol. The van der Waals surface area contributed by atoms with Gasteiger partial charge in [-0.15, -0.1) is 0 Å². The van der Waals surface area contributed by atoms with E-state index in [-0.39, 0.29) is 5.54 Å². The lowest BCUT2D eigenvalue weighted by atomic mass is 9.89. The number of methoxy groups -OCH3 is 1. The largest absolute Gasteiger partial charge is 0.382 e. The van der Waals surface area contributed by atoms with Crippen LogP contribution in [0.4, 0.5) is 0 Å². The summed E-state index contributed by atoms with van der Waals surface area (Å²) in [5.41, 5.74) is -0.0448. The van der Waals surface area contributed by atoms with Crippen LogP contribution in [0.1, 0.15) is 27.7 Å². The average molecular weight is 291 g/mol. The van der Waals surface area contributed by atoms with Gasteiger partial charge in [-0.1, -0.05) is 13.8 Å². The van der Waals surface area contributed by atoms with Gasteiger partial charge in [-0.2, -0.15) is 0 Å². The molecule has 0 bridgehead atoms. The van der Waals surface area contributed by atoms with Crippen LogP contribution in [0, 0.1) is 5.92 Å². The zero-order valence-electron chi connectivity index (χ0n) is 13.9. The first-order valence-corrected chi connectivity index (χ1v) is 7.54. The zero-order valence-corrected chi connectivity index (χ0v) is 13.9. The molecule has 0 aromatic rings. The van der Waals surface area contributed by atoms with Gasteiger partial charge >= 0.3 is 0 Å². The summed E-state index contributed by atoms with van der Waals surface area (Å²) in [6.45, 7) is 14.1. The van der Waals surface area contributed by atoms with Crippen LogP contribution in [-0.4, -0.2) is 65.4 Å². The Morgan fingerprint density at radius 3 is 2.20 bits per heavy atom. The lowest BCUT2D eigenvalue weighted by molar-refractivity contribution is 0.0106. The summed E-state index contributed by atoms with van der Waals surface area (Å²) in [6, 6.07) is 0. The Balaban J connectivity index is 3.81. The second-order valence-electron chi connectivity index (χ2n) is 5.35. The summed E-state index contributed by atoms with van der Waals surface area (Å²) in [5, 5.41) is 3.53. The van der Waals surface area contributed by atoms with Crippen LogP contribution >= 0.6 is 0 Å². The maximum absolute atomic E-state index is 5.71. The van der Waals surface area contributed by atoms with Gasteiger partial charge in [0.15, 0.2) is 0 Å².